The number of hydrogen-bond acceptors (Lipinski definition) is 8. The number of carbonyl (C=O) groups is 1. The summed E-state index contributed by atoms with van der Waals surface area (Å²) >= 11 is 0. The van der Waals surface area contributed by atoms with Crippen molar-refractivity contribution in [3.05, 3.63) is 77.7 Å². The number of aryl methyl sites for hydroxylation is 1. The topological polar surface area (TPSA) is 149 Å². The lowest BCUT2D eigenvalue weighted by Gasteiger charge is -2.14. The number of carbonyl (C=O) groups excluding carboxylic acids is 1. The van der Waals surface area contributed by atoms with Crippen molar-refractivity contribution < 1.29 is 24.9 Å². The van der Waals surface area contributed by atoms with Crippen LogP contribution in [0.3, 0.4) is 0 Å². The molecule has 10 nitrogen and oxygen atoms in total. The summed E-state index contributed by atoms with van der Waals surface area (Å²) in [5.41, 5.74) is 3.00. The molecule has 10 heteroatoms. The monoisotopic (exact) mass is 551 g/mol. The lowest BCUT2D eigenvalue weighted by Crippen LogP contribution is -2.22. The number of nitrogens with one attached hydrogen (secondary N) is 3. The van der Waals surface area contributed by atoms with Gasteiger partial charge in [0.05, 0.1) is 12.7 Å². The zero-order valence-electron chi connectivity index (χ0n) is 22.9. The second kappa shape index (κ2) is 17.9. The molecule has 3 aromatic rings. The SMILES string of the molecule is O=C(Nc1cccc(CCCCOCCCCCCNC[C@H](O)c2ccc(O)c(CO)c2)c1)Nc1ccncn1. The Morgan fingerprint density at radius 1 is 0.950 bits per heavy atom. The van der Waals surface area contributed by atoms with Crippen molar-refractivity contribution in [1.29, 1.82) is 0 Å². The molecular formula is C30H41N5O5. The molecule has 0 saturated carbocycles. The lowest BCUT2D eigenvalue weighted by atomic mass is 10.1. The average Bonchev–Trinajstić information content (AvgIpc) is 2.96. The van der Waals surface area contributed by atoms with E-state index in [1.165, 1.54) is 18.0 Å². The third-order valence-corrected chi connectivity index (χ3v) is 6.40. The van der Waals surface area contributed by atoms with Gasteiger partial charge in [0.1, 0.15) is 17.9 Å². The number of anilines is 2. The van der Waals surface area contributed by atoms with Gasteiger partial charge in [0.15, 0.2) is 0 Å². The van der Waals surface area contributed by atoms with E-state index >= 15 is 0 Å². The van der Waals surface area contributed by atoms with Crippen LogP contribution >= 0.6 is 0 Å². The third-order valence-electron chi connectivity index (χ3n) is 6.40. The van der Waals surface area contributed by atoms with E-state index in [9.17, 15) is 20.1 Å². The van der Waals surface area contributed by atoms with Gasteiger partial charge >= 0.3 is 6.03 Å². The number of ether oxygens (including phenoxy) is 1. The van der Waals surface area contributed by atoms with Crippen LogP contribution in [0.5, 0.6) is 5.75 Å². The van der Waals surface area contributed by atoms with Crippen LogP contribution in [0.15, 0.2) is 61.1 Å². The summed E-state index contributed by atoms with van der Waals surface area (Å²) in [6.45, 7) is 2.51. The van der Waals surface area contributed by atoms with Gasteiger partial charge in [-0.1, -0.05) is 31.0 Å². The third kappa shape index (κ3) is 11.7. The molecule has 3 rings (SSSR count). The summed E-state index contributed by atoms with van der Waals surface area (Å²) in [6, 6.07) is 13.9. The number of urea groups is 1. The van der Waals surface area contributed by atoms with Crippen LogP contribution in [-0.2, 0) is 17.8 Å². The molecule has 40 heavy (non-hydrogen) atoms. The number of amides is 2. The standard InChI is InChI=1S/C30H41N5O5/c36-21-25-19-24(11-12-27(25)37)28(38)20-31-14-4-1-2-5-16-40-17-6-3-8-23-9-7-10-26(18-23)34-30(39)35-29-13-15-32-22-33-29/h7,9-13,15,18-19,22,28,31,36-38H,1-6,8,14,16-17,20-21H2,(H2,32,33,34,35,39)/t28-/m0/s1. The smallest absolute Gasteiger partial charge is 0.324 e. The molecule has 0 aliphatic carbocycles. The molecule has 2 amide bonds. The van der Waals surface area contributed by atoms with Gasteiger partial charge in [0.2, 0.25) is 0 Å². The van der Waals surface area contributed by atoms with Gasteiger partial charge < -0.3 is 30.7 Å². The zero-order chi connectivity index (χ0) is 28.4. The number of aliphatic hydroxyl groups excluding tert-OH is 2. The molecule has 0 spiro atoms. The summed E-state index contributed by atoms with van der Waals surface area (Å²) in [7, 11) is 0. The van der Waals surface area contributed by atoms with Crippen LogP contribution in [-0.4, -0.2) is 57.6 Å². The number of benzene rings is 2. The Morgan fingerprint density at radius 3 is 2.58 bits per heavy atom. The predicted octanol–water partition coefficient (Wildman–Crippen LogP) is 4.54. The quantitative estimate of drug-likeness (QED) is 0.126. The van der Waals surface area contributed by atoms with E-state index in [1.54, 1.807) is 24.4 Å². The summed E-state index contributed by atoms with van der Waals surface area (Å²) in [5, 5.41) is 37.9. The number of rotatable bonds is 18. The lowest BCUT2D eigenvalue weighted by molar-refractivity contribution is 0.126. The summed E-state index contributed by atoms with van der Waals surface area (Å²) in [5.74, 6) is 0.480. The minimum absolute atomic E-state index is 0.0366. The van der Waals surface area contributed by atoms with E-state index < -0.39 is 6.10 Å². The Balaban J connectivity index is 1.15. The summed E-state index contributed by atoms with van der Waals surface area (Å²) < 4.78 is 5.78. The van der Waals surface area contributed by atoms with Gasteiger partial charge in [-0.3, -0.25) is 5.32 Å². The first-order chi connectivity index (χ1) is 19.5. The molecule has 0 bridgehead atoms. The number of aromatic hydroxyl groups is 1. The van der Waals surface area contributed by atoms with Gasteiger partial charge in [-0.15, -0.1) is 0 Å². The van der Waals surface area contributed by atoms with Crippen molar-refractivity contribution in [3.8, 4) is 5.75 Å². The molecule has 0 aliphatic rings. The van der Waals surface area contributed by atoms with E-state index in [0.29, 0.717) is 23.5 Å². The van der Waals surface area contributed by atoms with Crippen molar-refractivity contribution in [3.63, 3.8) is 0 Å². The predicted molar refractivity (Wildman–Crippen MR) is 155 cm³/mol. The molecule has 216 valence electrons. The number of nitrogens with zero attached hydrogens (tertiary/aromatic N) is 2. The maximum absolute atomic E-state index is 12.1. The summed E-state index contributed by atoms with van der Waals surface area (Å²) in [6.07, 6.45) is 9.45. The van der Waals surface area contributed by atoms with Crippen molar-refractivity contribution in [1.82, 2.24) is 15.3 Å². The van der Waals surface area contributed by atoms with Crippen molar-refractivity contribution in [2.45, 2.75) is 57.7 Å². The highest BCUT2D eigenvalue weighted by Gasteiger charge is 2.10. The molecule has 1 aromatic heterocycles. The number of aromatic nitrogens is 2. The molecular weight excluding hydrogens is 510 g/mol. The van der Waals surface area contributed by atoms with E-state index in [1.807, 2.05) is 18.2 Å². The van der Waals surface area contributed by atoms with Crippen LogP contribution in [0.4, 0.5) is 16.3 Å². The fourth-order valence-electron chi connectivity index (χ4n) is 4.19. The van der Waals surface area contributed by atoms with Crippen molar-refractivity contribution in [2.75, 3.05) is 36.9 Å². The van der Waals surface area contributed by atoms with Crippen LogP contribution in [0.2, 0.25) is 0 Å². The number of hydrogen-bond donors (Lipinski definition) is 6. The Morgan fingerprint density at radius 2 is 1.77 bits per heavy atom. The van der Waals surface area contributed by atoms with Crippen LogP contribution in [0.1, 0.15) is 61.3 Å². The van der Waals surface area contributed by atoms with Gasteiger partial charge in [-0.05, 0) is 80.1 Å². The molecule has 0 unspecified atom stereocenters. The van der Waals surface area contributed by atoms with E-state index in [0.717, 1.165) is 70.4 Å². The van der Waals surface area contributed by atoms with Gasteiger partial charge in [0, 0.05) is 37.2 Å². The first kappa shape index (κ1) is 31.0. The zero-order valence-corrected chi connectivity index (χ0v) is 22.9. The number of aliphatic hydroxyl groups is 2. The molecule has 0 fully saturated rings. The van der Waals surface area contributed by atoms with Gasteiger partial charge in [-0.25, -0.2) is 14.8 Å². The van der Waals surface area contributed by atoms with Crippen LogP contribution in [0.25, 0.3) is 0 Å². The Kier molecular flexibility index (Phi) is 13.9. The molecule has 2 aromatic carbocycles. The average molecular weight is 552 g/mol. The molecule has 0 radical (unpaired) electrons. The minimum Gasteiger partial charge on any atom is -0.508 e. The second-order valence-electron chi connectivity index (χ2n) is 9.62. The minimum atomic E-state index is -0.678. The fraction of sp³-hybridized carbons (Fsp3) is 0.433. The highest BCUT2D eigenvalue weighted by molar-refractivity contribution is 5.99. The maximum Gasteiger partial charge on any atom is 0.324 e. The Hall–Kier alpha value is -3.57. The second-order valence-corrected chi connectivity index (χ2v) is 9.62. The first-order valence-corrected chi connectivity index (χ1v) is 13.9. The molecule has 6 N–H and O–H groups in total. The van der Waals surface area contributed by atoms with E-state index in [4.69, 9.17) is 4.74 Å². The summed E-state index contributed by atoms with van der Waals surface area (Å²) in [4.78, 5) is 19.9. The molecule has 0 aliphatic heterocycles. The Labute approximate surface area is 235 Å². The van der Waals surface area contributed by atoms with Crippen LogP contribution < -0.4 is 16.0 Å². The number of unbranched alkanes of at least 4 members (excludes halogenated alkanes) is 4. The highest BCUT2D eigenvalue weighted by atomic mass is 16.5. The van der Waals surface area contributed by atoms with E-state index in [-0.39, 0.29) is 18.4 Å². The normalized spacial score (nSPS) is 11.8. The molecule has 0 saturated heterocycles. The number of phenols is 1. The van der Waals surface area contributed by atoms with Gasteiger partial charge in [0.25, 0.3) is 0 Å². The Bertz CT molecular complexity index is 1150. The fourth-order valence-corrected chi connectivity index (χ4v) is 4.19. The van der Waals surface area contributed by atoms with Crippen molar-refractivity contribution in [2.24, 2.45) is 0 Å². The maximum atomic E-state index is 12.1. The highest BCUT2D eigenvalue weighted by Crippen LogP contribution is 2.22. The largest absolute Gasteiger partial charge is 0.508 e. The van der Waals surface area contributed by atoms with E-state index in [2.05, 4.69) is 32.0 Å². The van der Waals surface area contributed by atoms with Gasteiger partial charge in [-0.2, -0.15) is 0 Å². The molecule has 1 heterocycles. The van der Waals surface area contributed by atoms with Crippen LogP contribution in [0, 0.1) is 0 Å². The molecule has 1 atom stereocenters. The van der Waals surface area contributed by atoms with Crippen molar-refractivity contribution >= 4 is 17.5 Å². The first-order valence-electron chi connectivity index (χ1n) is 13.9.